The van der Waals surface area contributed by atoms with Crippen molar-refractivity contribution in [3.05, 3.63) is 11.9 Å². The lowest BCUT2D eigenvalue weighted by Crippen LogP contribution is -2.23. The highest BCUT2D eigenvalue weighted by Gasteiger charge is 2.15. The molecule has 0 aliphatic heterocycles. The second-order valence-electron chi connectivity index (χ2n) is 4.86. The maximum Gasteiger partial charge on any atom is 0.210 e. The van der Waals surface area contributed by atoms with Crippen LogP contribution in [0.3, 0.4) is 0 Å². The van der Waals surface area contributed by atoms with E-state index in [0.29, 0.717) is 5.82 Å². The van der Waals surface area contributed by atoms with Crippen LogP contribution in [0.25, 0.3) is 0 Å². The summed E-state index contributed by atoms with van der Waals surface area (Å²) in [5.41, 5.74) is 0.954. The highest BCUT2D eigenvalue weighted by atomic mass is 32.2. The number of nitrogens with two attached hydrogens (primary N) is 1. The van der Waals surface area contributed by atoms with Crippen LogP contribution in [0.1, 0.15) is 38.7 Å². The van der Waals surface area contributed by atoms with Crippen LogP contribution in [0.15, 0.2) is 6.33 Å². The molecule has 0 unspecified atom stereocenters. The Hall–Kier alpha value is -1.41. The standard InChI is InChI=1S/C12H23N5O2S/c1-4-5-14-11-10(9(2)3)12(17-8-16-11)15-6-7-20(13,18)19/h8-9H,4-7H2,1-3H3,(H2,13,18,19)(H2,14,15,16,17). The van der Waals surface area contributed by atoms with Gasteiger partial charge in [0.15, 0.2) is 0 Å². The first-order valence-electron chi connectivity index (χ1n) is 6.68. The molecule has 0 amide bonds. The molecule has 1 heterocycles. The summed E-state index contributed by atoms with van der Waals surface area (Å²) in [5.74, 6) is 1.52. The molecule has 8 heteroatoms. The molecule has 0 fully saturated rings. The first-order valence-corrected chi connectivity index (χ1v) is 8.39. The van der Waals surface area contributed by atoms with Gasteiger partial charge in [-0.3, -0.25) is 0 Å². The number of sulfonamides is 1. The highest BCUT2D eigenvalue weighted by molar-refractivity contribution is 7.89. The van der Waals surface area contributed by atoms with E-state index in [1.165, 1.54) is 6.33 Å². The molecule has 0 aromatic carbocycles. The zero-order valence-electron chi connectivity index (χ0n) is 12.2. The van der Waals surface area contributed by atoms with Gasteiger partial charge in [0, 0.05) is 18.7 Å². The largest absolute Gasteiger partial charge is 0.370 e. The third-order valence-corrected chi connectivity index (χ3v) is 3.46. The lowest BCUT2D eigenvalue weighted by molar-refractivity contribution is 0.598. The number of nitrogens with one attached hydrogen (secondary N) is 2. The summed E-state index contributed by atoms with van der Waals surface area (Å²) in [6.07, 6.45) is 2.46. The Morgan fingerprint density at radius 3 is 2.20 bits per heavy atom. The fourth-order valence-corrected chi connectivity index (χ4v) is 2.17. The minimum Gasteiger partial charge on any atom is -0.370 e. The second kappa shape index (κ2) is 7.39. The topological polar surface area (TPSA) is 110 Å². The van der Waals surface area contributed by atoms with Crippen LogP contribution in [-0.4, -0.2) is 37.2 Å². The first-order chi connectivity index (χ1) is 9.35. The van der Waals surface area contributed by atoms with Gasteiger partial charge in [0.1, 0.15) is 18.0 Å². The molecule has 0 saturated heterocycles. The Balaban J connectivity index is 2.88. The SMILES string of the molecule is CCCNc1ncnc(NCCS(N)(=O)=O)c1C(C)C. The number of hydrogen-bond acceptors (Lipinski definition) is 6. The van der Waals surface area contributed by atoms with Crippen LogP contribution in [-0.2, 0) is 10.0 Å². The van der Waals surface area contributed by atoms with Crippen LogP contribution in [0.5, 0.6) is 0 Å². The van der Waals surface area contributed by atoms with Gasteiger partial charge >= 0.3 is 0 Å². The molecule has 20 heavy (non-hydrogen) atoms. The monoisotopic (exact) mass is 301 g/mol. The van der Waals surface area contributed by atoms with Gasteiger partial charge in [-0.15, -0.1) is 0 Å². The molecular weight excluding hydrogens is 278 g/mol. The normalized spacial score (nSPS) is 11.7. The molecule has 0 spiro atoms. The molecule has 0 atom stereocenters. The van der Waals surface area contributed by atoms with Crippen molar-refractivity contribution in [1.29, 1.82) is 0 Å². The van der Waals surface area contributed by atoms with Crippen LogP contribution >= 0.6 is 0 Å². The summed E-state index contributed by atoms with van der Waals surface area (Å²) in [6.45, 7) is 7.21. The van der Waals surface area contributed by atoms with Crippen LogP contribution in [0.4, 0.5) is 11.6 Å². The maximum absolute atomic E-state index is 10.9. The summed E-state index contributed by atoms with van der Waals surface area (Å²) in [6, 6.07) is 0. The van der Waals surface area contributed by atoms with Crippen LogP contribution in [0.2, 0.25) is 0 Å². The van der Waals surface area contributed by atoms with E-state index >= 15 is 0 Å². The van der Waals surface area contributed by atoms with E-state index in [9.17, 15) is 8.42 Å². The molecule has 0 radical (unpaired) electrons. The van der Waals surface area contributed by atoms with Crippen LogP contribution in [0, 0.1) is 0 Å². The molecule has 0 bridgehead atoms. The van der Waals surface area contributed by atoms with Crippen molar-refractivity contribution in [3.63, 3.8) is 0 Å². The van der Waals surface area contributed by atoms with Gasteiger partial charge in [-0.2, -0.15) is 0 Å². The Bertz CT molecular complexity index is 531. The zero-order chi connectivity index (χ0) is 15.2. The molecule has 0 aliphatic carbocycles. The van der Waals surface area contributed by atoms with E-state index in [0.717, 1.165) is 24.3 Å². The number of nitrogens with zero attached hydrogens (tertiary/aromatic N) is 2. The summed E-state index contributed by atoms with van der Waals surface area (Å²) in [4.78, 5) is 8.44. The van der Waals surface area contributed by atoms with Crippen molar-refractivity contribution < 1.29 is 8.42 Å². The Labute approximate surface area is 120 Å². The Kier molecular flexibility index (Phi) is 6.15. The maximum atomic E-state index is 10.9. The third kappa shape index (κ3) is 5.30. The number of anilines is 2. The van der Waals surface area contributed by atoms with E-state index in [1.54, 1.807) is 0 Å². The first kappa shape index (κ1) is 16.6. The Morgan fingerprint density at radius 1 is 1.20 bits per heavy atom. The minimum atomic E-state index is -3.47. The molecule has 0 saturated carbocycles. The molecule has 114 valence electrons. The van der Waals surface area contributed by atoms with Gasteiger partial charge in [-0.25, -0.2) is 23.5 Å². The van der Waals surface area contributed by atoms with Crippen molar-refractivity contribution in [1.82, 2.24) is 9.97 Å². The molecular formula is C12H23N5O2S. The fraction of sp³-hybridized carbons (Fsp3) is 0.667. The predicted molar refractivity (Wildman–Crippen MR) is 81.4 cm³/mol. The number of rotatable bonds is 8. The molecule has 1 rings (SSSR count). The van der Waals surface area contributed by atoms with E-state index in [1.807, 2.05) is 13.8 Å². The van der Waals surface area contributed by atoms with Crippen molar-refractivity contribution in [3.8, 4) is 0 Å². The van der Waals surface area contributed by atoms with Gasteiger partial charge in [-0.05, 0) is 12.3 Å². The van der Waals surface area contributed by atoms with Gasteiger partial charge in [0.2, 0.25) is 10.0 Å². The predicted octanol–water partition coefficient (Wildman–Crippen LogP) is 1.12. The third-order valence-electron chi connectivity index (χ3n) is 2.68. The number of primary sulfonamides is 1. The summed E-state index contributed by atoms with van der Waals surface area (Å²) >= 11 is 0. The highest BCUT2D eigenvalue weighted by Crippen LogP contribution is 2.28. The van der Waals surface area contributed by atoms with Crippen molar-refractivity contribution in [2.75, 3.05) is 29.5 Å². The summed E-state index contributed by atoms with van der Waals surface area (Å²) < 4.78 is 21.9. The van der Waals surface area contributed by atoms with Crippen LogP contribution < -0.4 is 15.8 Å². The van der Waals surface area contributed by atoms with Crippen molar-refractivity contribution in [2.45, 2.75) is 33.1 Å². The van der Waals surface area contributed by atoms with E-state index in [4.69, 9.17) is 5.14 Å². The van der Waals surface area contributed by atoms with Gasteiger partial charge < -0.3 is 10.6 Å². The van der Waals surface area contributed by atoms with Crippen molar-refractivity contribution >= 4 is 21.7 Å². The lowest BCUT2D eigenvalue weighted by atomic mass is 10.0. The van der Waals surface area contributed by atoms with E-state index in [2.05, 4.69) is 27.5 Å². The average Bonchev–Trinajstić information content (AvgIpc) is 2.34. The number of hydrogen-bond donors (Lipinski definition) is 3. The lowest BCUT2D eigenvalue weighted by Gasteiger charge is -2.17. The molecule has 0 aliphatic rings. The zero-order valence-corrected chi connectivity index (χ0v) is 13.0. The second-order valence-corrected chi connectivity index (χ2v) is 6.59. The van der Waals surface area contributed by atoms with Gasteiger partial charge in [-0.1, -0.05) is 20.8 Å². The molecule has 1 aromatic rings. The molecule has 4 N–H and O–H groups in total. The minimum absolute atomic E-state index is 0.133. The fourth-order valence-electron chi connectivity index (χ4n) is 1.78. The molecule has 7 nitrogen and oxygen atoms in total. The quantitative estimate of drug-likeness (QED) is 0.663. The smallest absolute Gasteiger partial charge is 0.210 e. The number of aromatic nitrogens is 2. The Morgan fingerprint density at radius 2 is 1.75 bits per heavy atom. The summed E-state index contributed by atoms with van der Waals surface area (Å²) in [5, 5.41) is 11.3. The summed E-state index contributed by atoms with van der Waals surface area (Å²) in [7, 11) is -3.47. The molecule has 1 aromatic heterocycles. The van der Waals surface area contributed by atoms with Crippen molar-refractivity contribution in [2.24, 2.45) is 5.14 Å². The van der Waals surface area contributed by atoms with Gasteiger partial charge in [0.25, 0.3) is 0 Å². The van der Waals surface area contributed by atoms with E-state index in [-0.39, 0.29) is 18.2 Å². The van der Waals surface area contributed by atoms with E-state index < -0.39 is 10.0 Å². The average molecular weight is 301 g/mol. The van der Waals surface area contributed by atoms with Gasteiger partial charge in [0.05, 0.1) is 5.75 Å².